The summed E-state index contributed by atoms with van der Waals surface area (Å²) in [7, 11) is 1.41. The van der Waals surface area contributed by atoms with Crippen LogP contribution in [0.3, 0.4) is 0 Å². The van der Waals surface area contributed by atoms with Crippen molar-refractivity contribution in [2.75, 3.05) is 13.9 Å². The van der Waals surface area contributed by atoms with Crippen LogP contribution in [0.2, 0.25) is 0 Å². The lowest BCUT2D eigenvalue weighted by Crippen LogP contribution is -2.43. The largest absolute Gasteiger partial charge is 0.493 e. The maximum absolute atomic E-state index is 12.9. The van der Waals surface area contributed by atoms with Gasteiger partial charge in [-0.3, -0.25) is 9.59 Å². The molecule has 1 aliphatic heterocycles. The first kappa shape index (κ1) is 23.4. The van der Waals surface area contributed by atoms with Crippen LogP contribution in [0, 0.1) is 5.92 Å². The normalized spacial score (nSPS) is 22.0. The maximum atomic E-state index is 12.9. The van der Waals surface area contributed by atoms with Crippen LogP contribution in [0.25, 0.3) is 0 Å². The number of nitrogens with zero attached hydrogens (tertiary/aromatic N) is 1. The molecule has 1 saturated heterocycles. The average molecular weight is 422 g/mol. The van der Waals surface area contributed by atoms with Gasteiger partial charge in [0.15, 0.2) is 17.2 Å². The van der Waals surface area contributed by atoms with E-state index in [0.29, 0.717) is 12.3 Å². The van der Waals surface area contributed by atoms with E-state index in [9.17, 15) is 14.4 Å². The van der Waals surface area contributed by atoms with Crippen molar-refractivity contribution in [1.29, 1.82) is 0 Å². The number of carbonyl (C=O) groups excluding carboxylic acids is 3. The molecule has 1 amide bonds. The number of rotatable bonds is 7. The fourth-order valence-corrected chi connectivity index (χ4v) is 3.43. The first-order valence-corrected chi connectivity index (χ1v) is 10.2. The molecule has 3 atom stereocenters. The highest BCUT2D eigenvalue weighted by Crippen LogP contribution is 2.30. The molecule has 0 aliphatic carbocycles. The highest BCUT2D eigenvalue weighted by atomic mass is 16.7. The van der Waals surface area contributed by atoms with Crippen molar-refractivity contribution in [1.82, 2.24) is 10.3 Å². The first-order valence-electron chi connectivity index (χ1n) is 10.2. The van der Waals surface area contributed by atoms with Crippen molar-refractivity contribution in [3.63, 3.8) is 0 Å². The zero-order valence-corrected chi connectivity index (χ0v) is 17.9. The number of pyridine rings is 1. The molecule has 0 unspecified atom stereocenters. The summed E-state index contributed by atoms with van der Waals surface area (Å²) in [6.45, 7) is 4.81. The number of esters is 2. The molecule has 166 valence electrons. The Hall–Kier alpha value is -2.84. The predicted molar refractivity (Wildman–Crippen MR) is 107 cm³/mol. The number of aromatic nitrogens is 1. The SMILES string of the molecule is CC[C@@H]1CCCC[C@H](NC(=O)c2nccc(OC)c2OCOC(C)=O)C(=O)O[C@H]1C. The zero-order valence-electron chi connectivity index (χ0n) is 17.9. The summed E-state index contributed by atoms with van der Waals surface area (Å²) in [5, 5.41) is 2.71. The van der Waals surface area contributed by atoms with Crippen molar-refractivity contribution in [3.8, 4) is 11.5 Å². The molecule has 1 N–H and O–H groups in total. The summed E-state index contributed by atoms with van der Waals surface area (Å²) < 4.78 is 21.0. The van der Waals surface area contributed by atoms with Gasteiger partial charge in [-0.2, -0.15) is 0 Å². The van der Waals surface area contributed by atoms with Gasteiger partial charge in [-0.15, -0.1) is 0 Å². The van der Waals surface area contributed by atoms with E-state index in [1.165, 1.54) is 26.3 Å². The van der Waals surface area contributed by atoms with Gasteiger partial charge < -0.3 is 24.3 Å². The van der Waals surface area contributed by atoms with Crippen molar-refractivity contribution in [3.05, 3.63) is 18.0 Å². The van der Waals surface area contributed by atoms with Crippen LogP contribution in [0.15, 0.2) is 12.3 Å². The summed E-state index contributed by atoms with van der Waals surface area (Å²) in [5.41, 5.74) is -0.0753. The lowest BCUT2D eigenvalue weighted by Gasteiger charge is -2.23. The highest BCUT2D eigenvalue weighted by Gasteiger charge is 2.30. The molecule has 1 aromatic rings. The van der Waals surface area contributed by atoms with E-state index in [2.05, 4.69) is 17.2 Å². The Balaban J connectivity index is 2.17. The first-order chi connectivity index (χ1) is 14.4. The lowest BCUT2D eigenvalue weighted by molar-refractivity contribution is -0.153. The van der Waals surface area contributed by atoms with Gasteiger partial charge in [-0.05, 0) is 32.1 Å². The van der Waals surface area contributed by atoms with Crippen LogP contribution in [0.4, 0.5) is 0 Å². The van der Waals surface area contributed by atoms with Crippen LogP contribution in [0.1, 0.15) is 63.4 Å². The standard InChI is InChI=1S/C21H30N2O7/c1-5-15-8-6-7-9-16(21(26)30-13(15)2)23-20(25)18-19(29-12-28-14(3)24)17(27-4)10-11-22-18/h10-11,13,15-16H,5-9,12H2,1-4H3,(H,23,25)/t13-,15+,16-/m0/s1. The molecule has 0 bridgehead atoms. The molecule has 9 nitrogen and oxygen atoms in total. The smallest absolute Gasteiger partial charge is 0.328 e. The van der Waals surface area contributed by atoms with Crippen LogP contribution < -0.4 is 14.8 Å². The molecule has 30 heavy (non-hydrogen) atoms. The van der Waals surface area contributed by atoms with E-state index < -0.39 is 30.7 Å². The van der Waals surface area contributed by atoms with Gasteiger partial charge >= 0.3 is 11.9 Å². The summed E-state index contributed by atoms with van der Waals surface area (Å²) >= 11 is 0. The van der Waals surface area contributed by atoms with Crippen LogP contribution in [-0.2, 0) is 19.1 Å². The average Bonchev–Trinajstić information content (AvgIpc) is 2.77. The van der Waals surface area contributed by atoms with E-state index in [0.717, 1.165) is 25.7 Å². The number of methoxy groups -OCH3 is 1. The molecule has 1 aromatic heterocycles. The van der Waals surface area contributed by atoms with E-state index in [-0.39, 0.29) is 23.3 Å². The van der Waals surface area contributed by atoms with Gasteiger partial charge in [0, 0.05) is 19.2 Å². The van der Waals surface area contributed by atoms with Gasteiger partial charge in [0.1, 0.15) is 12.1 Å². The molecule has 1 fully saturated rings. The third-order valence-corrected chi connectivity index (χ3v) is 5.17. The molecule has 0 spiro atoms. The Morgan fingerprint density at radius 2 is 2.03 bits per heavy atom. The lowest BCUT2D eigenvalue weighted by atomic mass is 9.94. The summed E-state index contributed by atoms with van der Waals surface area (Å²) in [4.78, 5) is 40.6. The molecule has 2 heterocycles. The Morgan fingerprint density at radius 1 is 1.30 bits per heavy atom. The summed E-state index contributed by atoms with van der Waals surface area (Å²) in [6, 6.07) is 0.727. The quantitative estimate of drug-likeness (QED) is 0.527. The van der Waals surface area contributed by atoms with Crippen LogP contribution in [-0.4, -0.2) is 48.9 Å². The highest BCUT2D eigenvalue weighted by molar-refractivity contribution is 5.98. The minimum absolute atomic E-state index is 0.0228. The Labute approximate surface area is 176 Å². The molecule has 9 heteroatoms. The monoisotopic (exact) mass is 422 g/mol. The maximum Gasteiger partial charge on any atom is 0.328 e. The second-order valence-electron chi connectivity index (χ2n) is 7.21. The van der Waals surface area contributed by atoms with Gasteiger partial charge in [-0.25, -0.2) is 9.78 Å². The van der Waals surface area contributed by atoms with Gasteiger partial charge in [0.05, 0.1) is 7.11 Å². The van der Waals surface area contributed by atoms with Gasteiger partial charge in [-0.1, -0.05) is 19.8 Å². The Kier molecular flexibility index (Phi) is 8.89. The van der Waals surface area contributed by atoms with Gasteiger partial charge in [0.25, 0.3) is 5.91 Å². The molecule has 0 saturated carbocycles. The number of amides is 1. The van der Waals surface area contributed by atoms with Crippen molar-refractivity contribution in [2.45, 2.75) is 65.0 Å². The molecule has 0 aromatic carbocycles. The summed E-state index contributed by atoms with van der Waals surface area (Å²) in [6.07, 6.45) is 5.32. The number of nitrogens with one attached hydrogen (secondary N) is 1. The van der Waals surface area contributed by atoms with Gasteiger partial charge in [0.2, 0.25) is 6.79 Å². The van der Waals surface area contributed by atoms with Crippen LogP contribution in [0.5, 0.6) is 11.5 Å². The molecular weight excluding hydrogens is 392 g/mol. The molecular formula is C21H30N2O7. The number of cyclic esters (lactones) is 1. The number of hydrogen-bond donors (Lipinski definition) is 1. The Bertz CT molecular complexity index is 753. The number of hydrogen-bond acceptors (Lipinski definition) is 8. The van der Waals surface area contributed by atoms with Crippen molar-refractivity contribution >= 4 is 17.8 Å². The predicted octanol–water partition coefficient (Wildman–Crippen LogP) is 2.62. The fourth-order valence-electron chi connectivity index (χ4n) is 3.43. The zero-order chi connectivity index (χ0) is 22.1. The van der Waals surface area contributed by atoms with Crippen molar-refractivity contribution in [2.24, 2.45) is 5.92 Å². The third kappa shape index (κ3) is 6.33. The van der Waals surface area contributed by atoms with E-state index in [1.54, 1.807) is 0 Å². The number of ether oxygens (including phenoxy) is 4. The molecule has 0 radical (unpaired) electrons. The van der Waals surface area contributed by atoms with E-state index in [1.807, 2.05) is 6.92 Å². The third-order valence-electron chi connectivity index (χ3n) is 5.17. The topological polar surface area (TPSA) is 113 Å². The van der Waals surface area contributed by atoms with E-state index in [4.69, 9.17) is 18.9 Å². The van der Waals surface area contributed by atoms with E-state index >= 15 is 0 Å². The van der Waals surface area contributed by atoms with Crippen molar-refractivity contribution < 1.29 is 33.3 Å². The van der Waals surface area contributed by atoms with Crippen LogP contribution >= 0.6 is 0 Å². The minimum Gasteiger partial charge on any atom is -0.493 e. The second-order valence-corrected chi connectivity index (χ2v) is 7.21. The molecule has 2 rings (SSSR count). The minimum atomic E-state index is -0.787. The number of carbonyl (C=O) groups is 3. The second kappa shape index (κ2) is 11.4. The molecule has 1 aliphatic rings. The summed E-state index contributed by atoms with van der Waals surface area (Å²) in [5.74, 6) is -1.01. The Morgan fingerprint density at radius 3 is 2.70 bits per heavy atom. The fraction of sp³-hybridized carbons (Fsp3) is 0.619.